The zero-order chi connectivity index (χ0) is 18.9. The molecule has 21 radical (unpaired) electrons. The van der Waals surface area contributed by atoms with E-state index >= 15 is 0 Å². The van der Waals surface area contributed by atoms with Gasteiger partial charge >= 0.3 is 0 Å². The molecule has 0 bridgehead atoms. The summed E-state index contributed by atoms with van der Waals surface area (Å²) in [6.07, 6.45) is 8.48. The van der Waals surface area contributed by atoms with E-state index in [-0.39, 0.29) is 703 Å². The molecule has 0 aromatic carbocycles. The molecule has 1 unspecified atom stereocenters. The van der Waals surface area contributed by atoms with Gasteiger partial charge in [-0.15, -0.1) is 12.2 Å². The second kappa shape index (κ2) is 77.9. The van der Waals surface area contributed by atoms with Gasteiger partial charge in [-0.2, -0.15) is 0 Å². The Bertz CT molecular complexity index is 525. The summed E-state index contributed by atoms with van der Waals surface area (Å²) in [5, 5.41) is 20.1. The number of hydrogen-bond acceptors (Lipinski definition) is 2. The van der Waals surface area contributed by atoms with Crippen molar-refractivity contribution < 1.29 is 697 Å². The SMILES string of the molecule is CC(C)C(C)(C)C(C)C(C)(C)/C=C/C=C1\[CH-][C@@H](O)[CH-][C@H](O)C1(C)C.[Y].[Y].[Y].[Y].[Y].[Y].[Y].[Y].[Y].[Y].[Y].[Y].[Y].[Y].[Y].[Y].[Y].[Y].[Y].[Y].[Y]. The summed E-state index contributed by atoms with van der Waals surface area (Å²) >= 11 is 0. The van der Waals surface area contributed by atoms with Crippen molar-refractivity contribution in [2.24, 2.45) is 28.1 Å². The van der Waals surface area contributed by atoms with Gasteiger partial charge in [-0.25, -0.2) is 18.1 Å². The molecular formula is C22H38O2Y21-2. The molecule has 0 aliphatic heterocycles. The molecule has 0 saturated heterocycles. The minimum absolute atomic E-state index is 0. The van der Waals surface area contributed by atoms with E-state index < -0.39 is 12.2 Å². The molecule has 1 fully saturated rings. The molecule has 0 aromatic heterocycles. The largest absolute Gasteiger partial charge is 0.438 e. The fourth-order valence-electron chi connectivity index (χ4n) is 3.33. The third-order valence-electron chi connectivity index (χ3n) is 6.73. The fourth-order valence-corrected chi connectivity index (χ4v) is 3.33. The predicted molar refractivity (Wildman–Crippen MR) is 103 cm³/mol. The minimum atomic E-state index is -0.681. The zero-order valence-corrected chi connectivity index (χ0v) is 88.8. The average Bonchev–Trinajstić information content (AvgIpc) is 2.43. The van der Waals surface area contributed by atoms with Crippen molar-refractivity contribution in [1.29, 1.82) is 0 Å². The molecule has 0 aromatic rings. The maximum Gasteiger partial charge on any atom is 0 e. The smallest absolute Gasteiger partial charge is 0 e. The van der Waals surface area contributed by atoms with Crippen molar-refractivity contribution in [1.82, 2.24) is 0 Å². The van der Waals surface area contributed by atoms with E-state index in [0.29, 0.717) is 11.8 Å². The summed E-state index contributed by atoms with van der Waals surface area (Å²) in [6.45, 7) is 20.2. The van der Waals surface area contributed by atoms with Gasteiger partial charge in [-0.05, 0) is 28.1 Å². The summed E-state index contributed by atoms with van der Waals surface area (Å²) in [6, 6.07) is 0. The monoisotopic (exact) mass is 2200 g/mol. The van der Waals surface area contributed by atoms with E-state index in [1.54, 1.807) is 6.42 Å². The topological polar surface area (TPSA) is 40.5 Å². The molecule has 1 saturated carbocycles. The Morgan fingerprint density at radius 2 is 0.889 bits per heavy atom. The number of rotatable bonds is 5. The second-order valence-corrected chi connectivity index (χ2v) is 9.52. The predicted octanol–water partition coefficient (Wildman–Crippen LogP) is 4.93. The van der Waals surface area contributed by atoms with E-state index in [1.165, 1.54) is 0 Å². The number of aliphatic hydroxyl groups excluding tert-OH is 2. The van der Waals surface area contributed by atoms with Gasteiger partial charge in [0.05, 0.1) is 0 Å². The molecular weight excluding hydrogens is 2160 g/mol. The molecule has 45 heavy (non-hydrogen) atoms. The normalized spacial score (nSPS) is 15.2. The first-order valence-corrected chi connectivity index (χ1v) is 9.19. The quantitative estimate of drug-likeness (QED) is 0.384. The Labute approximate surface area is 809 Å². The summed E-state index contributed by atoms with van der Waals surface area (Å²) in [5.74, 6) is 1.14. The van der Waals surface area contributed by atoms with Crippen LogP contribution >= 0.6 is 0 Å². The van der Waals surface area contributed by atoms with E-state index in [4.69, 9.17) is 0 Å². The van der Waals surface area contributed by atoms with Crippen LogP contribution in [0, 0.1) is 40.9 Å². The molecule has 1 aliphatic rings. The van der Waals surface area contributed by atoms with Crippen molar-refractivity contribution >= 4 is 0 Å². The van der Waals surface area contributed by atoms with Crippen LogP contribution in [0.1, 0.15) is 62.3 Å². The molecule has 1 aliphatic carbocycles. The van der Waals surface area contributed by atoms with Crippen LogP contribution in [-0.2, 0) is 687 Å². The van der Waals surface area contributed by atoms with E-state index in [1.807, 2.05) is 26.3 Å². The molecule has 203 valence electrons. The Hall–Kier alpha value is 22.5. The summed E-state index contributed by atoms with van der Waals surface area (Å²) in [5.41, 5.74) is 0.912. The maximum absolute atomic E-state index is 10.2. The van der Waals surface area contributed by atoms with Gasteiger partial charge in [0, 0.05) is 687 Å². The third kappa shape index (κ3) is 60.7. The van der Waals surface area contributed by atoms with Crippen LogP contribution in [0.15, 0.2) is 23.8 Å². The van der Waals surface area contributed by atoms with Gasteiger partial charge in [0.15, 0.2) is 0 Å². The molecule has 3 atom stereocenters. The van der Waals surface area contributed by atoms with Crippen LogP contribution in [-0.4, -0.2) is 22.4 Å². The standard InChI is InChI=1S/C22H38O2.21Y/c1-15(2)21(6,7)16(3)20(4,5)12-10-11-17-13-18(23)14-19(24)22(17,8)9;;;;;;;;;;;;;;;;;;;;;/h10-16,18-19,23-24H,1-9H3;;;;;;;;;;;;;;;;;;;;;/q-2;;;;;;;;;;;;;;;;;;;;;/b12-10+,17-11+;;;;;;;;;;;;;;;;;;;;;/t16?,18-,19+;;;;;;;;;;;;;;;;;;;;;/m1...................../s1. The fraction of sp³-hybridized carbons (Fsp3) is 0.727. The molecule has 0 spiro atoms. The van der Waals surface area contributed by atoms with Gasteiger partial charge in [-0.1, -0.05) is 74.5 Å². The van der Waals surface area contributed by atoms with Gasteiger partial charge in [0.2, 0.25) is 0 Å². The first-order chi connectivity index (χ1) is 10.7. The first kappa shape index (κ1) is 138. The summed E-state index contributed by atoms with van der Waals surface area (Å²) < 4.78 is 0. The van der Waals surface area contributed by atoms with Crippen LogP contribution < -0.4 is 0 Å². The number of aliphatic hydroxyl groups is 2. The minimum Gasteiger partial charge on any atom is -0.438 e. The van der Waals surface area contributed by atoms with E-state index in [9.17, 15) is 10.2 Å². The van der Waals surface area contributed by atoms with Crippen molar-refractivity contribution in [2.45, 2.75) is 74.5 Å². The van der Waals surface area contributed by atoms with Gasteiger partial charge in [-0.3, -0.25) is 6.42 Å². The van der Waals surface area contributed by atoms with Crippen LogP contribution in [0.2, 0.25) is 0 Å². The maximum atomic E-state index is 10.2. The molecule has 0 amide bonds. The van der Waals surface area contributed by atoms with E-state index in [2.05, 4.69) is 60.6 Å². The van der Waals surface area contributed by atoms with E-state index in [0.717, 1.165) is 5.57 Å². The first-order valence-electron chi connectivity index (χ1n) is 9.19. The zero-order valence-electron chi connectivity index (χ0n) is 29.2. The van der Waals surface area contributed by atoms with Crippen LogP contribution in [0.4, 0.5) is 0 Å². The molecule has 23 heteroatoms. The van der Waals surface area contributed by atoms with Crippen molar-refractivity contribution in [3.8, 4) is 0 Å². The van der Waals surface area contributed by atoms with Crippen LogP contribution in [0.3, 0.4) is 0 Å². The number of hydrogen-bond donors (Lipinski definition) is 2. The second-order valence-electron chi connectivity index (χ2n) is 9.52. The van der Waals surface area contributed by atoms with Gasteiger partial charge in [0.25, 0.3) is 0 Å². The molecule has 1 rings (SSSR count). The Morgan fingerprint density at radius 1 is 0.600 bits per heavy atom. The van der Waals surface area contributed by atoms with Gasteiger partial charge in [0.1, 0.15) is 0 Å². The van der Waals surface area contributed by atoms with Crippen molar-refractivity contribution in [3.63, 3.8) is 0 Å². The molecule has 0 heterocycles. The Balaban J connectivity index is -0.0000000144. The molecule has 2 nitrogen and oxygen atoms in total. The van der Waals surface area contributed by atoms with Crippen molar-refractivity contribution in [2.75, 3.05) is 0 Å². The Kier molecular flexibility index (Phi) is 239. The van der Waals surface area contributed by atoms with Crippen molar-refractivity contribution in [3.05, 3.63) is 36.6 Å². The molecule has 2 N–H and O–H groups in total. The average molecular weight is 2200 g/mol. The van der Waals surface area contributed by atoms with Gasteiger partial charge < -0.3 is 10.2 Å². The summed E-state index contributed by atoms with van der Waals surface area (Å²) in [4.78, 5) is 0. The number of allylic oxidation sites excluding steroid dienone is 3. The Morgan fingerprint density at radius 3 is 1.16 bits per heavy atom. The summed E-state index contributed by atoms with van der Waals surface area (Å²) in [7, 11) is 0. The third-order valence-corrected chi connectivity index (χ3v) is 6.73. The van der Waals surface area contributed by atoms with Crippen LogP contribution in [0.25, 0.3) is 0 Å². The van der Waals surface area contributed by atoms with Crippen LogP contribution in [0.5, 0.6) is 0 Å².